The first kappa shape index (κ1) is 14.0. The molecule has 1 aliphatic rings. The number of benzene rings is 1. The second-order valence-corrected chi connectivity index (χ2v) is 5.86. The number of aryl methyl sites for hydroxylation is 1. The zero-order valence-electron chi connectivity index (χ0n) is 12.4. The molecule has 0 saturated carbocycles. The molecule has 3 aromatic rings. The minimum Gasteiger partial charge on any atom is -0.352 e. The molecule has 0 unspecified atom stereocenters. The highest BCUT2D eigenvalue weighted by molar-refractivity contribution is 6.33. The number of halogens is 1. The fourth-order valence-corrected chi connectivity index (χ4v) is 2.97. The van der Waals surface area contributed by atoms with E-state index in [0.29, 0.717) is 28.6 Å². The van der Waals surface area contributed by atoms with Crippen molar-refractivity contribution in [2.45, 2.75) is 13.3 Å². The third-order valence-electron chi connectivity index (χ3n) is 4.02. The summed E-state index contributed by atoms with van der Waals surface area (Å²) in [4.78, 5) is 16.4. The van der Waals surface area contributed by atoms with Gasteiger partial charge in [-0.1, -0.05) is 17.7 Å². The van der Waals surface area contributed by atoms with Crippen molar-refractivity contribution in [2.75, 3.05) is 6.54 Å². The molecule has 0 radical (unpaired) electrons. The third kappa shape index (κ3) is 2.22. The standard InChI is InChI=1S/C16H14ClN5O/c1-9-13(17)14(21-20-9)15-18-6-7-22(15)11-3-2-10-4-5-19-16(23)12(10)8-11/h2-3,6-8H,4-5H2,1H3,(H,19,23)(H,20,21). The lowest BCUT2D eigenvalue weighted by molar-refractivity contribution is 0.0946. The van der Waals surface area contributed by atoms with E-state index in [2.05, 4.69) is 20.5 Å². The number of hydrogen-bond donors (Lipinski definition) is 2. The summed E-state index contributed by atoms with van der Waals surface area (Å²) in [6.45, 7) is 2.54. The van der Waals surface area contributed by atoms with Gasteiger partial charge in [0.05, 0.1) is 10.7 Å². The Hall–Kier alpha value is -2.60. The van der Waals surface area contributed by atoms with Gasteiger partial charge in [0.25, 0.3) is 5.91 Å². The second kappa shape index (κ2) is 5.24. The van der Waals surface area contributed by atoms with Crippen molar-refractivity contribution in [2.24, 2.45) is 0 Å². The number of hydrogen-bond acceptors (Lipinski definition) is 3. The molecule has 0 saturated heterocycles. The first-order valence-electron chi connectivity index (χ1n) is 7.31. The van der Waals surface area contributed by atoms with Crippen LogP contribution in [0.3, 0.4) is 0 Å². The Labute approximate surface area is 137 Å². The highest BCUT2D eigenvalue weighted by atomic mass is 35.5. The van der Waals surface area contributed by atoms with Crippen molar-refractivity contribution in [3.8, 4) is 17.2 Å². The second-order valence-electron chi connectivity index (χ2n) is 5.48. The van der Waals surface area contributed by atoms with Gasteiger partial charge in [-0.3, -0.25) is 14.5 Å². The van der Waals surface area contributed by atoms with Crippen molar-refractivity contribution in [3.05, 3.63) is 52.4 Å². The lowest BCUT2D eigenvalue weighted by atomic mass is 10.00. The Bertz CT molecular complexity index is 911. The topological polar surface area (TPSA) is 75.6 Å². The van der Waals surface area contributed by atoms with Crippen LogP contribution >= 0.6 is 11.6 Å². The summed E-state index contributed by atoms with van der Waals surface area (Å²) in [6.07, 6.45) is 4.37. The number of fused-ring (bicyclic) bond motifs is 1. The molecule has 1 aliphatic heterocycles. The zero-order valence-corrected chi connectivity index (χ0v) is 13.2. The lowest BCUT2D eigenvalue weighted by Gasteiger charge is -2.17. The molecule has 116 valence electrons. The first-order chi connectivity index (χ1) is 11.1. The van der Waals surface area contributed by atoms with E-state index in [4.69, 9.17) is 11.6 Å². The molecule has 4 rings (SSSR count). The Morgan fingerprint density at radius 3 is 3.00 bits per heavy atom. The Balaban J connectivity index is 1.84. The summed E-state index contributed by atoms with van der Waals surface area (Å²) in [7, 11) is 0. The number of nitrogens with one attached hydrogen (secondary N) is 2. The van der Waals surface area contributed by atoms with Crippen LogP contribution in [0.15, 0.2) is 30.6 Å². The molecule has 0 atom stereocenters. The molecule has 2 aromatic heterocycles. The van der Waals surface area contributed by atoms with Gasteiger partial charge >= 0.3 is 0 Å². The number of H-pyrrole nitrogens is 1. The van der Waals surface area contributed by atoms with Crippen LogP contribution in [0.4, 0.5) is 0 Å². The number of amides is 1. The molecule has 2 N–H and O–H groups in total. The molecule has 3 heterocycles. The van der Waals surface area contributed by atoms with E-state index in [9.17, 15) is 4.79 Å². The molecule has 0 spiro atoms. The van der Waals surface area contributed by atoms with Crippen LogP contribution in [0.5, 0.6) is 0 Å². The SMILES string of the molecule is Cc1[nH]nc(-c2nccn2-c2ccc3c(c2)C(=O)NCC3)c1Cl. The summed E-state index contributed by atoms with van der Waals surface area (Å²) in [5, 5.41) is 10.5. The maximum atomic E-state index is 12.0. The Kier molecular flexibility index (Phi) is 3.20. The fourth-order valence-electron chi connectivity index (χ4n) is 2.80. The van der Waals surface area contributed by atoms with Gasteiger partial charge in [0.1, 0.15) is 5.69 Å². The number of carbonyl (C=O) groups excluding carboxylic acids is 1. The average molecular weight is 328 g/mol. The van der Waals surface area contributed by atoms with Gasteiger partial charge in [-0.15, -0.1) is 0 Å². The van der Waals surface area contributed by atoms with Crippen LogP contribution in [0.2, 0.25) is 5.02 Å². The van der Waals surface area contributed by atoms with Gasteiger partial charge in [0.2, 0.25) is 0 Å². The van der Waals surface area contributed by atoms with E-state index in [1.807, 2.05) is 35.9 Å². The van der Waals surface area contributed by atoms with Crippen molar-refractivity contribution in [3.63, 3.8) is 0 Å². The van der Waals surface area contributed by atoms with Crippen molar-refractivity contribution in [1.82, 2.24) is 25.1 Å². The minimum absolute atomic E-state index is 0.0385. The van der Waals surface area contributed by atoms with Gasteiger partial charge < -0.3 is 5.32 Å². The van der Waals surface area contributed by atoms with Gasteiger partial charge in [-0.2, -0.15) is 5.10 Å². The molecular weight excluding hydrogens is 314 g/mol. The van der Waals surface area contributed by atoms with Crippen molar-refractivity contribution < 1.29 is 4.79 Å². The van der Waals surface area contributed by atoms with Crippen LogP contribution < -0.4 is 5.32 Å². The minimum atomic E-state index is -0.0385. The number of rotatable bonds is 2. The number of nitrogens with zero attached hydrogens (tertiary/aromatic N) is 3. The van der Waals surface area contributed by atoms with Crippen LogP contribution in [0.25, 0.3) is 17.2 Å². The molecule has 0 bridgehead atoms. The normalized spacial score (nSPS) is 13.7. The smallest absolute Gasteiger partial charge is 0.251 e. The van der Waals surface area contributed by atoms with E-state index in [-0.39, 0.29) is 5.91 Å². The molecule has 0 fully saturated rings. The monoisotopic (exact) mass is 327 g/mol. The lowest BCUT2D eigenvalue weighted by Crippen LogP contribution is -2.31. The van der Waals surface area contributed by atoms with Gasteiger partial charge in [0.15, 0.2) is 5.82 Å². The van der Waals surface area contributed by atoms with E-state index in [0.717, 1.165) is 23.4 Å². The van der Waals surface area contributed by atoms with Crippen LogP contribution in [-0.4, -0.2) is 32.2 Å². The van der Waals surface area contributed by atoms with Crippen molar-refractivity contribution in [1.29, 1.82) is 0 Å². The number of imidazole rings is 1. The summed E-state index contributed by atoms with van der Waals surface area (Å²) < 4.78 is 1.88. The predicted octanol–water partition coefficient (Wildman–Crippen LogP) is 2.51. The van der Waals surface area contributed by atoms with E-state index < -0.39 is 0 Å². The highest BCUT2D eigenvalue weighted by Gasteiger charge is 2.20. The molecule has 7 heteroatoms. The molecule has 6 nitrogen and oxygen atoms in total. The summed E-state index contributed by atoms with van der Waals surface area (Å²) in [5.41, 5.74) is 4.01. The zero-order chi connectivity index (χ0) is 16.0. The van der Waals surface area contributed by atoms with Gasteiger partial charge in [0, 0.05) is 30.2 Å². The van der Waals surface area contributed by atoms with Crippen molar-refractivity contribution >= 4 is 17.5 Å². The number of aromatic nitrogens is 4. The van der Waals surface area contributed by atoms with Gasteiger partial charge in [-0.05, 0) is 31.0 Å². The highest BCUT2D eigenvalue weighted by Crippen LogP contribution is 2.29. The number of aromatic amines is 1. The first-order valence-corrected chi connectivity index (χ1v) is 7.68. The predicted molar refractivity (Wildman–Crippen MR) is 86.9 cm³/mol. The maximum Gasteiger partial charge on any atom is 0.251 e. The Morgan fingerprint density at radius 2 is 2.22 bits per heavy atom. The maximum absolute atomic E-state index is 12.0. The van der Waals surface area contributed by atoms with E-state index in [1.54, 1.807) is 6.20 Å². The largest absolute Gasteiger partial charge is 0.352 e. The van der Waals surface area contributed by atoms with E-state index >= 15 is 0 Å². The summed E-state index contributed by atoms with van der Waals surface area (Å²) in [5.74, 6) is 0.596. The van der Waals surface area contributed by atoms with E-state index in [1.165, 1.54) is 0 Å². The quantitative estimate of drug-likeness (QED) is 0.759. The molecule has 23 heavy (non-hydrogen) atoms. The van der Waals surface area contributed by atoms with Crippen LogP contribution in [0.1, 0.15) is 21.6 Å². The van der Waals surface area contributed by atoms with Crippen LogP contribution in [0, 0.1) is 6.92 Å². The van der Waals surface area contributed by atoms with Crippen LogP contribution in [-0.2, 0) is 6.42 Å². The van der Waals surface area contributed by atoms with Gasteiger partial charge in [-0.25, -0.2) is 4.98 Å². The average Bonchev–Trinajstić information content (AvgIpc) is 3.15. The summed E-state index contributed by atoms with van der Waals surface area (Å²) in [6, 6.07) is 5.85. The molecule has 0 aliphatic carbocycles. The molecule has 1 aromatic carbocycles. The number of carbonyl (C=O) groups is 1. The Morgan fingerprint density at radius 1 is 1.35 bits per heavy atom. The summed E-state index contributed by atoms with van der Waals surface area (Å²) >= 11 is 6.29. The third-order valence-corrected chi connectivity index (χ3v) is 4.48. The molecule has 1 amide bonds. The molecular formula is C16H14ClN5O. The fraction of sp³-hybridized carbons (Fsp3) is 0.188.